The van der Waals surface area contributed by atoms with Gasteiger partial charge in [-0.2, -0.15) is 0 Å². The maximum Gasteiger partial charge on any atom is 1.00 e. The normalized spacial score (nSPS) is 0. The molecule has 0 aliphatic heterocycles. The largest absolute Gasteiger partial charge is 1.00 e. The van der Waals surface area contributed by atoms with E-state index in [-0.39, 0.29) is 80.2 Å². The summed E-state index contributed by atoms with van der Waals surface area (Å²) in [5.41, 5.74) is 0. The van der Waals surface area contributed by atoms with Crippen LogP contribution in [0.5, 0.6) is 0 Å². The fourth-order valence-corrected chi connectivity index (χ4v) is 0. The van der Waals surface area contributed by atoms with Gasteiger partial charge in [0.2, 0.25) is 0 Å². The van der Waals surface area contributed by atoms with Gasteiger partial charge in [-0.3, -0.25) is 0 Å². The molecule has 24 valence electrons. The zero-order chi connectivity index (χ0) is 0. The monoisotopic (exact) mass is 242 g/mol. The molecule has 0 atom stereocenters. The Kier molecular flexibility index (Phi) is 153. The summed E-state index contributed by atoms with van der Waals surface area (Å²) in [5.74, 6) is 0. The summed E-state index contributed by atoms with van der Waals surface area (Å²) in [6.07, 6.45) is 0. The van der Waals surface area contributed by atoms with Gasteiger partial charge in [0.15, 0.2) is 0 Å². The fraction of sp³-hybridized carbons (Fsp3) is 0. The van der Waals surface area contributed by atoms with E-state index >= 15 is 0 Å². The Bertz CT molecular complexity index is 11.6. The zero-order valence-corrected chi connectivity index (χ0v) is 6.24. The molecule has 4 heavy (non-hydrogen) atoms. The molecule has 0 aromatic heterocycles. The molecule has 2 N–H and O–H groups in total. The van der Waals surface area contributed by atoms with Crippen molar-refractivity contribution in [2.45, 2.75) is 0 Å². The molecule has 0 aliphatic carbocycles. The topological polar surface area (TPSA) is 31.5 Å². The third-order valence-corrected chi connectivity index (χ3v) is 0. The molecule has 0 unspecified atom stereocenters. The van der Waals surface area contributed by atoms with Crippen molar-refractivity contribution in [2.75, 3.05) is 0 Å². The van der Waals surface area contributed by atoms with Crippen LogP contribution in [0.15, 0.2) is 0 Å². The van der Waals surface area contributed by atoms with Gasteiger partial charge in [0.1, 0.15) is 0 Å². The standard InChI is InChI=1S/Ga.HI.Na.H2O.4H/h;1H;;1H2;;;;/q;;+1;;;;;-1. The first-order valence-electron chi connectivity index (χ1n) is 0. The number of hydrogen-bond donors (Lipinski definition) is 0. The summed E-state index contributed by atoms with van der Waals surface area (Å²) in [7, 11) is 0. The molecular formula is H7GaINaO. The molecule has 0 heterocycles. The minimum atomic E-state index is 0. The van der Waals surface area contributed by atoms with Crippen LogP contribution in [0.1, 0.15) is 1.43 Å². The van der Waals surface area contributed by atoms with Crippen molar-refractivity contribution in [3.8, 4) is 0 Å². The van der Waals surface area contributed by atoms with Crippen LogP contribution in [0.2, 0.25) is 0 Å². The Morgan fingerprint density at radius 3 is 1.25 bits per heavy atom. The van der Waals surface area contributed by atoms with Crippen LogP contribution in [-0.2, 0) is 0 Å². The fourth-order valence-electron chi connectivity index (χ4n) is 0. The van der Waals surface area contributed by atoms with Gasteiger partial charge in [-0.1, -0.05) is 0 Å². The number of hydrogen-bond acceptors (Lipinski definition) is 0. The van der Waals surface area contributed by atoms with Crippen molar-refractivity contribution >= 4 is 43.8 Å². The van der Waals surface area contributed by atoms with Crippen molar-refractivity contribution in [2.24, 2.45) is 0 Å². The molecule has 0 amide bonds. The van der Waals surface area contributed by atoms with Crippen LogP contribution >= 0.6 is 24.0 Å². The SMILES string of the molecule is I.O.[GaH3].[H-].[Na+]. The molecule has 0 rings (SSSR count). The third kappa shape index (κ3) is 8.85. The molecule has 0 saturated carbocycles. The van der Waals surface area contributed by atoms with Crippen molar-refractivity contribution in [3.05, 3.63) is 0 Å². The number of rotatable bonds is 0. The van der Waals surface area contributed by atoms with E-state index in [4.69, 9.17) is 0 Å². The van der Waals surface area contributed by atoms with Crippen LogP contribution in [-0.4, -0.2) is 25.3 Å². The van der Waals surface area contributed by atoms with Gasteiger partial charge in [0.25, 0.3) is 0 Å². The van der Waals surface area contributed by atoms with Gasteiger partial charge in [0, 0.05) is 0 Å². The second-order valence-electron chi connectivity index (χ2n) is 0. The first kappa shape index (κ1) is 33.2. The quantitative estimate of drug-likeness (QED) is 0.304. The zero-order valence-electron chi connectivity index (χ0n) is 2.91. The van der Waals surface area contributed by atoms with Gasteiger partial charge in [0.05, 0.1) is 0 Å². The van der Waals surface area contributed by atoms with E-state index in [1.54, 1.807) is 0 Å². The Labute approximate surface area is 79.1 Å². The molecule has 0 bridgehead atoms. The van der Waals surface area contributed by atoms with Gasteiger partial charge >= 0.3 is 49.3 Å². The summed E-state index contributed by atoms with van der Waals surface area (Å²) < 4.78 is 0. The smallest absolute Gasteiger partial charge is 1.00 e. The van der Waals surface area contributed by atoms with Crippen LogP contribution < -0.4 is 29.6 Å². The average molecular weight is 243 g/mol. The van der Waals surface area contributed by atoms with Crippen LogP contribution in [0, 0.1) is 0 Å². The Morgan fingerprint density at radius 2 is 1.25 bits per heavy atom. The molecule has 1 nitrogen and oxygen atoms in total. The third-order valence-electron chi connectivity index (χ3n) is 0. The second-order valence-corrected chi connectivity index (χ2v) is 0. The minimum absolute atomic E-state index is 0. The van der Waals surface area contributed by atoms with Crippen LogP contribution in [0.3, 0.4) is 0 Å². The maximum absolute atomic E-state index is 0. The molecule has 0 fully saturated rings. The molecule has 0 saturated heterocycles. The molecule has 4 heteroatoms. The van der Waals surface area contributed by atoms with Gasteiger partial charge in [-0.05, 0) is 0 Å². The minimum Gasteiger partial charge on any atom is -1.00 e. The van der Waals surface area contributed by atoms with Crippen molar-refractivity contribution in [1.82, 2.24) is 0 Å². The molecule has 0 aliphatic rings. The molecule has 0 radical (unpaired) electrons. The van der Waals surface area contributed by atoms with E-state index in [1.165, 1.54) is 0 Å². The summed E-state index contributed by atoms with van der Waals surface area (Å²) in [4.78, 5) is 0. The molecular weight excluding hydrogens is 236 g/mol. The summed E-state index contributed by atoms with van der Waals surface area (Å²) in [6, 6.07) is 0. The van der Waals surface area contributed by atoms with Gasteiger partial charge in [-0.25, -0.2) is 0 Å². The summed E-state index contributed by atoms with van der Waals surface area (Å²) in [5, 5.41) is 0. The number of halogens is 1. The van der Waals surface area contributed by atoms with E-state index in [0.717, 1.165) is 0 Å². The predicted octanol–water partition coefficient (Wildman–Crippen LogP) is -4.27. The van der Waals surface area contributed by atoms with Crippen molar-refractivity contribution < 1.29 is 36.5 Å². The van der Waals surface area contributed by atoms with E-state index in [1.807, 2.05) is 0 Å². The van der Waals surface area contributed by atoms with E-state index in [0.29, 0.717) is 0 Å². The molecule has 0 spiro atoms. The van der Waals surface area contributed by atoms with Crippen molar-refractivity contribution in [1.29, 1.82) is 0 Å². The Morgan fingerprint density at radius 1 is 1.25 bits per heavy atom. The predicted molar refractivity (Wildman–Crippen MR) is 30.1 cm³/mol. The second kappa shape index (κ2) is 18.4. The molecule has 0 aromatic carbocycles. The van der Waals surface area contributed by atoms with Gasteiger partial charge in [-0.15, -0.1) is 24.0 Å². The Hall–Kier alpha value is 2.33. The Balaban J connectivity index is 0. The van der Waals surface area contributed by atoms with Crippen molar-refractivity contribution in [3.63, 3.8) is 0 Å². The average Bonchev–Trinajstić information content (AvgIpc) is 0. The first-order chi connectivity index (χ1) is 0. The summed E-state index contributed by atoms with van der Waals surface area (Å²) >= 11 is 0. The van der Waals surface area contributed by atoms with E-state index < -0.39 is 0 Å². The van der Waals surface area contributed by atoms with E-state index in [9.17, 15) is 0 Å². The molecule has 0 aromatic rings. The van der Waals surface area contributed by atoms with Gasteiger partial charge < -0.3 is 6.90 Å². The van der Waals surface area contributed by atoms with Crippen LogP contribution in [0.25, 0.3) is 0 Å². The van der Waals surface area contributed by atoms with Crippen LogP contribution in [0.4, 0.5) is 0 Å². The maximum atomic E-state index is 0. The summed E-state index contributed by atoms with van der Waals surface area (Å²) in [6.45, 7) is 0. The van der Waals surface area contributed by atoms with E-state index in [2.05, 4.69) is 0 Å². The first-order valence-corrected chi connectivity index (χ1v) is 0.